The fourth-order valence-corrected chi connectivity index (χ4v) is 2.33. The second-order valence-corrected chi connectivity index (χ2v) is 5.65. The van der Waals surface area contributed by atoms with Gasteiger partial charge in [-0.3, -0.25) is 4.79 Å². The molecule has 0 amide bonds. The van der Waals surface area contributed by atoms with Gasteiger partial charge in [-0.25, -0.2) is 0 Å². The predicted molar refractivity (Wildman–Crippen MR) is 85.6 cm³/mol. The third-order valence-electron chi connectivity index (χ3n) is 3.52. The first-order valence-corrected chi connectivity index (χ1v) is 7.13. The molecule has 1 heterocycles. The third kappa shape index (κ3) is 3.95. The summed E-state index contributed by atoms with van der Waals surface area (Å²) in [6, 6.07) is 5.58. The van der Waals surface area contributed by atoms with Crippen LogP contribution in [-0.2, 0) is 11.2 Å². The smallest absolute Gasteiger partial charge is 0.321 e. The van der Waals surface area contributed by atoms with Crippen molar-refractivity contribution in [2.75, 3.05) is 6.54 Å². The van der Waals surface area contributed by atoms with Crippen molar-refractivity contribution in [1.29, 1.82) is 0 Å². The zero-order valence-corrected chi connectivity index (χ0v) is 12.7. The maximum atomic E-state index is 11.4. The molecular formula is C17H22N2O2. The van der Waals surface area contributed by atoms with Gasteiger partial charge in [0.25, 0.3) is 0 Å². The first-order chi connectivity index (χ1) is 9.97. The Morgan fingerprint density at radius 3 is 2.86 bits per heavy atom. The molecule has 0 aliphatic rings. The van der Waals surface area contributed by atoms with E-state index in [0.717, 1.165) is 16.5 Å². The molecule has 0 unspecified atom stereocenters. The molecule has 1 aromatic heterocycles. The molecule has 4 nitrogen and oxygen atoms in total. The van der Waals surface area contributed by atoms with Gasteiger partial charge in [0, 0.05) is 30.1 Å². The van der Waals surface area contributed by atoms with Crippen LogP contribution in [0.4, 0.5) is 0 Å². The van der Waals surface area contributed by atoms with Gasteiger partial charge in [-0.05, 0) is 38.5 Å². The van der Waals surface area contributed by atoms with Gasteiger partial charge in [-0.15, -0.1) is 0 Å². The Kier molecular flexibility index (Phi) is 4.81. The van der Waals surface area contributed by atoms with Gasteiger partial charge in [0.15, 0.2) is 0 Å². The van der Waals surface area contributed by atoms with Crippen molar-refractivity contribution in [3.63, 3.8) is 0 Å². The highest BCUT2D eigenvalue weighted by atomic mass is 16.4. The van der Waals surface area contributed by atoms with Gasteiger partial charge < -0.3 is 15.4 Å². The number of allylic oxidation sites excluding steroid dienone is 1. The maximum Gasteiger partial charge on any atom is 0.321 e. The van der Waals surface area contributed by atoms with Crippen LogP contribution in [0.5, 0.6) is 0 Å². The van der Waals surface area contributed by atoms with Crippen molar-refractivity contribution in [2.45, 2.75) is 33.2 Å². The highest BCUT2D eigenvalue weighted by Gasteiger charge is 2.18. The first-order valence-electron chi connectivity index (χ1n) is 7.13. The van der Waals surface area contributed by atoms with E-state index < -0.39 is 12.0 Å². The highest BCUT2D eigenvalue weighted by molar-refractivity contribution is 5.85. The molecule has 21 heavy (non-hydrogen) atoms. The van der Waals surface area contributed by atoms with Crippen LogP contribution >= 0.6 is 0 Å². The molecule has 0 saturated carbocycles. The lowest BCUT2D eigenvalue weighted by atomic mass is 10.0. The fourth-order valence-electron chi connectivity index (χ4n) is 2.33. The summed E-state index contributed by atoms with van der Waals surface area (Å²) >= 11 is 0. The summed E-state index contributed by atoms with van der Waals surface area (Å²) in [5, 5.41) is 13.6. The largest absolute Gasteiger partial charge is 0.480 e. The lowest BCUT2D eigenvalue weighted by Gasteiger charge is -2.13. The topological polar surface area (TPSA) is 65.1 Å². The van der Waals surface area contributed by atoms with E-state index in [2.05, 4.69) is 16.4 Å². The number of H-pyrrole nitrogens is 1. The molecule has 0 saturated heterocycles. The molecule has 2 rings (SSSR count). The molecular weight excluding hydrogens is 264 g/mol. The number of aryl methyl sites for hydroxylation is 1. The molecule has 1 atom stereocenters. The summed E-state index contributed by atoms with van der Waals surface area (Å²) in [4.78, 5) is 14.6. The van der Waals surface area contributed by atoms with E-state index in [0.29, 0.717) is 13.0 Å². The second kappa shape index (κ2) is 6.59. The first kappa shape index (κ1) is 15.3. The summed E-state index contributed by atoms with van der Waals surface area (Å²) < 4.78 is 0. The number of benzene rings is 1. The van der Waals surface area contributed by atoms with E-state index in [-0.39, 0.29) is 0 Å². The Bertz CT molecular complexity index is 666. The Labute approximate surface area is 124 Å². The van der Waals surface area contributed by atoms with Crippen molar-refractivity contribution >= 4 is 16.9 Å². The molecule has 4 heteroatoms. The number of rotatable bonds is 6. The van der Waals surface area contributed by atoms with Crippen molar-refractivity contribution in [1.82, 2.24) is 10.3 Å². The molecule has 2 aromatic rings. The number of fused-ring (bicyclic) bond motifs is 1. The second-order valence-electron chi connectivity index (χ2n) is 5.65. The monoisotopic (exact) mass is 286 g/mol. The average Bonchev–Trinajstić information content (AvgIpc) is 2.79. The minimum atomic E-state index is -0.820. The van der Waals surface area contributed by atoms with Crippen LogP contribution in [-0.4, -0.2) is 28.6 Å². The molecule has 112 valence electrons. The minimum Gasteiger partial charge on any atom is -0.480 e. The molecule has 0 bridgehead atoms. The number of aromatic amines is 1. The molecule has 0 radical (unpaired) electrons. The zero-order chi connectivity index (χ0) is 15.4. The van der Waals surface area contributed by atoms with E-state index >= 15 is 0 Å². The summed E-state index contributed by atoms with van der Waals surface area (Å²) in [5.41, 5.74) is 4.43. The van der Waals surface area contributed by atoms with E-state index in [9.17, 15) is 9.90 Å². The fraction of sp³-hybridized carbons (Fsp3) is 0.353. The van der Waals surface area contributed by atoms with E-state index in [1.807, 2.05) is 45.2 Å². The number of aromatic nitrogens is 1. The van der Waals surface area contributed by atoms with Gasteiger partial charge in [-0.1, -0.05) is 23.3 Å². The van der Waals surface area contributed by atoms with Crippen LogP contribution in [0.25, 0.3) is 10.9 Å². The molecule has 3 N–H and O–H groups in total. The number of aliphatic carboxylic acids is 1. The molecule has 1 aromatic carbocycles. The SMILES string of the molecule is CC(C)=CCN[C@@H](Cc1c[nH]c2ccc(C)cc12)C(=O)O. The predicted octanol–water partition coefficient (Wildman–Crippen LogP) is 3.03. The molecule has 0 fully saturated rings. The van der Waals surface area contributed by atoms with Crippen LogP contribution in [0.15, 0.2) is 36.0 Å². The Morgan fingerprint density at radius 2 is 2.19 bits per heavy atom. The third-order valence-corrected chi connectivity index (χ3v) is 3.52. The Hall–Kier alpha value is -2.07. The van der Waals surface area contributed by atoms with E-state index in [4.69, 9.17) is 0 Å². The number of carboxylic acid groups (broad SMARTS) is 1. The van der Waals surface area contributed by atoms with Gasteiger partial charge >= 0.3 is 5.97 Å². The van der Waals surface area contributed by atoms with Crippen LogP contribution < -0.4 is 5.32 Å². The Balaban J connectivity index is 2.17. The number of carbonyl (C=O) groups is 1. The molecule has 0 spiro atoms. The normalized spacial score (nSPS) is 12.3. The van der Waals surface area contributed by atoms with Crippen LogP contribution in [0.1, 0.15) is 25.0 Å². The zero-order valence-electron chi connectivity index (χ0n) is 12.7. The van der Waals surface area contributed by atoms with Crippen molar-refractivity contribution in [3.05, 3.63) is 47.2 Å². The summed E-state index contributed by atoms with van der Waals surface area (Å²) in [6.45, 7) is 6.61. The van der Waals surface area contributed by atoms with E-state index in [1.54, 1.807) is 0 Å². The molecule has 0 aliphatic carbocycles. The van der Waals surface area contributed by atoms with Crippen LogP contribution in [0, 0.1) is 6.92 Å². The number of nitrogens with one attached hydrogen (secondary N) is 2. The van der Waals surface area contributed by atoms with Crippen molar-refractivity contribution in [3.8, 4) is 0 Å². The quantitative estimate of drug-likeness (QED) is 0.715. The lowest BCUT2D eigenvalue weighted by Crippen LogP contribution is -2.38. The maximum absolute atomic E-state index is 11.4. The van der Waals surface area contributed by atoms with Gasteiger partial charge in [0.1, 0.15) is 6.04 Å². The minimum absolute atomic E-state index is 0.468. The van der Waals surface area contributed by atoms with Gasteiger partial charge in [0.2, 0.25) is 0 Å². The molecule has 0 aliphatic heterocycles. The van der Waals surface area contributed by atoms with E-state index in [1.165, 1.54) is 11.1 Å². The number of hydrogen-bond donors (Lipinski definition) is 3. The summed E-state index contributed by atoms with van der Waals surface area (Å²) in [6.07, 6.45) is 4.37. The lowest BCUT2D eigenvalue weighted by molar-refractivity contribution is -0.139. The van der Waals surface area contributed by atoms with Gasteiger partial charge in [-0.2, -0.15) is 0 Å². The number of carboxylic acids is 1. The van der Waals surface area contributed by atoms with Crippen LogP contribution in [0.3, 0.4) is 0 Å². The number of hydrogen-bond acceptors (Lipinski definition) is 2. The summed E-state index contributed by atoms with van der Waals surface area (Å²) in [7, 11) is 0. The van der Waals surface area contributed by atoms with Crippen molar-refractivity contribution < 1.29 is 9.90 Å². The standard InChI is InChI=1S/C17H22N2O2/c1-11(2)6-7-18-16(17(20)21)9-13-10-19-15-5-4-12(3)8-14(13)15/h4-6,8,10,16,18-19H,7,9H2,1-3H3,(H,20,21)/t16-/m0/s1. The van der Waals surface area contributed by atoms with Crippen LogP contribution in [0.2, 0.25) is 0 Å². The Morgan fingerprint density at radius 1 is 1.43 bits per heavy atom. The highest BCUT2D eigenvalue weighted by Crippen LogP contribution is 2.21. The summed E-state index contributed by atoms with van der Waals surface area (Å²) in [5.74, 6) is -0.820. The van der Waals surface area contributed by atoms with Crippen molar-refractivity contribution in [2.24, 2.45) is 0 Å². The van der Waals surface area contributed by atoms with Gasteiger partial charge in [0.05, 0.1) is 0 Å². The average molecular weight is 286 g/mol.